The summed E-state index contributed by atoms with van der Waals surface area (Å²) in [6.45, 7) is 6.53. The van der Waals surface area contributed by atoms with Gasteiger partial charge in [0, 0.05) is 0 Å². The Morgan fingerprint density at radius 3 is 2.33 bits per heavy atom. The molecular formula is C16H24O2. The van der Waals surface area contributed by atoms with Gasteiger partial charge in [-0.05, 0) is 61.3 Å². The smallest absolute Gasteiger partial charge is 0.119 e. The summed E-state index contributed by atoms with van der Waals surface area (Å²) in [5, 5.41) is 11.0. The molecule has 100 valence electrons. The van der Waals surface area contributed by atoms with E-state index in [9.17, 15) is 5.11 Å². The highest BCUT2D eigenvalue weighted by atomic mass is 16.5. The van der Waals surface area contributed by atoms with Gasteiger partial charge in [0.2, 0.25) is 0 Å². The first-order valence-electron chi connectivity index (χ1n) is 6.82. The molecule has 0 heterocycles. The molecule has 0 bridgehead atoms. The van der Waals surface area contributed by atoms with Crippen molar-refractivity contribution in [3.8, 4) is 5.75 Å². The summed E-state index contributed by atoms with van der Waals surface area (Å²) >= 11 is 0. The van der Waals surface area contributed by atoms with Crippen LogP contribution in [0.15, 0.2) is 18.2 Å². The zero-order chi connectivity index (χ0) is 13.3. The quantitative estimate of drug-likeness (QED) is 0.865. The van der Waals surface area contributed by atoms with Crippen LogP contribution in [0.4, 0.5) is 0 Å². The van der Waals surface area contributed by atoms with Crippen molar-refractivity contribution in [2.24, 2.45) is 11.8 Å². The molecule has 1 aromatic rings. The average molecular weight is 248 g/mol. The summed E-state index contributed by atoms with van der Waals surface area (Å²) in [5.74, 6) is 2.03. The topological polar surface area (TPSA) is 29.5 Å². The van der Waals surface area contributed by atoms with Gasteiger partial charge >= 0.3 is 0 Å². The Morgan fingerprint density at radius 1 is 1.22 bits per heavy atom. The second-order valence-corrected chi connectivity index (χ2v) is 6.07. The first-order chi connectivity index (χ1) is 8.44. The van der Waals surface area contributed by atoms with Crippen molar-refractivity contribution in [1.82, 2.24) is 0 Å². The summed E-state index contributed by atoms with van der Waals surface area (Å²) in [6, 6.07) is 5.99. The molecule has 0 aromatic heterocycles. The Balaban J connectivity index is 2.34. The van der Waals surface area contributed by atoms with Gasteiger partial charge in [-0.1, -0.05) is 19.9 Å². The number of methoxy groups -OCH3 is 1. The van der Waals surface area contributed by atoms with Gasteiger partial charge in [-0.2, -0.15) is 0 Å². The maximum absolute atomic E-state index is 11.0. The van der Waals surface area contributed by atoms with Crippen molar-refractivity contribution < 1.29 is 9.84 Å². The van der Waals surface area contributed by atoms with Crippen LogP contribution < -0.4 is 4.74 Å². The van der Waals surface area contributed by atoms with Gasteiger partial charge in [0.25, 0.3) is 0 Å². The van der Waals surface area contributed by atoms with Crippen LogP contribution in [0.3, 0.4) is 0 Å². The third kappa shape index (κ3) is 2.54. The third-order valence-electron chi connectivity index (χ3n) is 4.11. The number of hydrogen-bond donors (Lipinski definition) is 1. The van der Waals surface area contributed by atoms with Gasteiger partial charge in [0.05, 0.1) is 12.7 Å². The standard InChI is InChI=1S/C16H24O2/c1-11-7-12(2)10-16(17,9-11)15-6-5-14(18-4)8-13(15)3/h5-6,8,11-12,17H,7,9-10H2,1-4H3. The molecule has 1 aromatic carbocycles. The van der Waals surface area contributed by atoms with Crippen molar-refractivity contribution in [3.63, 3.8) is 0 Å². The molecule has 18 heavy (non-hydrogen) atoms. The SMILES string of the molecule is COc1ccc(C2(O)CC(C)CC(C)C2)c(C)c1. The molecule has 1 fully saturated rings. The van der Waals surface area contributed by atoms with E-state index in [1.807, 2.05) is 18.2 Å². The van der Waals surface area contributed by atoms with Crippen LogP contribution in [0.25, 0.3) is 0 Å². The number of ether oxygens (including phenoxy) is 1. The Labute approximate surface area is 110 Å². The van der Waals surface area contributed by atoms with Crippen molar-refractivity contribution in [2.75, 3.05) is 7.11 Å². The van der Waals surface area contributed by atoms with Crippen LogP contribution in [0.5, 0.6) is 5.75 Å². The van der Waals surface area contributed by atoms with Crippen molar-refractivity contribution in [3.05, 3.63) is 29.3 Å². The van der Waals surface area contributed by atoms with E-state index in [1.165, 1.54) is 6.42 Å². The van der Waals surface area contributed by atoms with E-state index >= 15 is 0 Å². The van der Waals surface area contributed by atoms with Gasteiger partial charge in [0.1, 0.15) is 5.75 Å². The maximum atomic E-state index is 11.0. The summed E-state index contributed by atoms with van der Waals surface area (Å²) in [5.41, 5.74) is 1.54. The minimum absolute atomic E-state index is 0.584. The van der Waals surface area contributed by atoms with Crippen LogP contribution >= 0.6 is 0 Å². The lowest BCUT2D eigenvalue weighted by Gasteiger charge is -2.40. The molecule has 0 amide bonds. The minimum Gasteiger partial charge on any atom is -0.497 e. The van der Waals surface area contributed by atoms with Crippen molar-refractivity contribution in [2.45, 2.75) is 45.6 Å². The number of aliphatic hydroxyl groups is 1. The maximum Gasteiger partial charge on any atom is 0.119 e. The van der Waals surface area contributed by atoms with Crippen molar-refractivity contribution in [1.29, 1.82) is 0 Å². The predicted molar refractivity (Wildman–Crippen MR) is 73.8 cm³/mol. The van der Waals surface area contributed by atoms with Crippen LogP contribution in [0.1, 0.15) is 44.2 Å². The van der Waals surface area contributed by atoms with Gasteiger partial charge in [-0.3, -0.25) is 0 Å². The fraction of sp³-hybridized carbons (Fsp3) is 0.625. The van der Waals surface area contributed by atoms with E-state index in [-0.39, 0.29) is 0 Å². The van der Waals surface area contributed by atoms with Gasteiger partial charge < -0.3 is 9.84 Å². The molecule has 2 rings (SSSR count). The number of benzene rings is 1. The number of rotatable bonds is 2. The molecule has 1 N–H and O–H groups in total. The second-order valence-electron chi connectivity index (χ2n) is 6.07. The van der Waals surface area contributed by atoms with E-state index in [0.29, 0.717) is 11.8 Å². The van der Waals surface area contributed by atoms with Gasteiger partial charge in [0.15, 0.2) is 0 Å². The van der Waals surface area contributed by atoms with E-state index in [0.717, 1.165) is 29.7 Å². The molecule has 0 aliphatic heterocycles. The van der Waals surface area contributed by atoms with Crippen LogP contribution in [0, 0.1) is 18.8 Å². The van der Waals surface area contributed by atoms with Crippen LogP contribution in [0.2, 0.25) is 0 Å². The molecule has 0 radical (unpaired) electrons. The van der Waals surface area contributed by atoms with Gasteiger partial charge in [-0.25, -0.2) is 0 Å². The summed E-state index contributed by atoms with van der Waals surface area (Å²) in [6.07, 6.45) is 2.95. The summed E-state index contributed by atoms with van der Waals surface area (Å²) in [7, 11) is 1.67. The summed E-state index contributed by atoms with van der Waals surface area (Å²) in [4.78, 5) is 0. The highest BCUT2D eigenvalue weighted by Crippen LogP contribution is 2.43. The Bertz CT molecular complexity index is 415. The number of hydrogen-bond acceptors (Lipinski definition) is 2. The molecule has 0 saturated heterocycles. The molecule has 2 nitrogen and oxygen atoms in total. The molecular weight excluding hydrogens is 224 g/mol. The number of aryl methyl sites for hydroxylation is 1. The van der Waals surface area contributed by atoms with Gasteiger partial charge in [-0.15, -0.1) is 0 Å². The van der Waals surface area contributed by atoms with Crippen LogP contribution in [-0.2, 0) is 5.60 Å². The van der Waals surface area contributed by atoms with E-state index in [4.69, 9.17) is 4.74 Å². The first kappa shape index (κ1) is 13.4. The second kappa shape index (κ2) is 4.93. The van der Waals surface area contributed by atoms with Crippen LogP contribution in [-0.4, -0.2) is 12.2 Å². The lowest BCUT2D eigenvalue weighted by molar-refractivity contribution is -0.0367. The van der Waals surface area contributed by atoms with Crippen molar-refractivity contribution >= 4 is 0 Å². The molecule has 2 atom stereocenters. The molecule has 0 spiro atoms. The zero-order valence-corrected chi connectivity index (χ0v) is 11.9. The molecule has 2 unspecified atom stereocenters. The Kier molecular flexibility index (Phi) is 3.67. The monoisotopic (exact) mass is 248 g/mol. The average Bonchev–Trinajstić information content (AvgIpc) is 2.26. The molecule has 1 aliphatic rings. The lowest BCUT2D eigenvalue weighted by atomic mass is 9.70. The molecule has 2 heteroatoms. The largest absolute Gasteiger partial charge is 0.497 e. The third-order valence-corrected chi connectivity index (χ3v) is 4.11. The Morgan fingerprint density at radius 2 is 1.83 bits per heavy atom. The molecule has 1 aliphatic carbocycles. The highest BCUT2D eigenvalue weighted by Gasteiger charge is 2.38. The zero-order valence-electron chi connectivity index (χ0n) is 11.9. The fourth-order valence-corrected chi connectivity index (χ4v) is 3.60. The fourth-order valence-electron chi connectivity index (χ4n) is 3.60. The van der Waals surface area contributed by atoms with E-state index in [1.54, 1.807) is 7.11 Å². The highest BCUT2D eigenvalue weighted by molar-refractivity contribution is 5.38. The Hall–Kier alpha value is -1.02. The minimum atomic E-state index is -0.659. The first-order valence-corrected chi connectivity index (χ1v) is 6.82. The lowest BCUT2D eigenvalue weighted by Crippen LogP contribution is -2.36. The predicted octanol–water partition coefficient (Wildman–Crippen LogP) is 3.65. The summed E-state index contributed by atoms with van der Waals surface area (Å²) < 4.78 is 5.23. The normalized spacial score (nSPS) is 32.3. The molecule has 1 saturated carbocycles. The van der Waals surface area contributed by atoms with E-state index < -0.39 is 5.60 Å². The van der Waals surface area contributed by atoms with E-state index in [2.05, 4.69) is 20.8 Å².